The molecular weight excluding hydrogens is 348 g/mol. The van der Waals surface area contributed by atoms with Crippen LogP contribution in [0.5, 0.6) is 0 Å². The van der Waals surface area contributed by atoms with Crippen LogP contribution in [0.25, 0.3) is 22.3 Å². The minimum absolute atomic E-state index is 0.237. The highest BCUT2D eigenvalue weighted by molar-refractivity contribution is 7.99. The predicted molar refractivity (Wildman–Crippen MR) is 104 cm³/mol. The van der Waals surface area contributed by atoms with Gasteiger partial charge in [-0.2, -0.15) is 0 Å². The Hall–Kier alpha value is -1.83. The van der Waals surface area contributed by atoms with Gasteiger partial charge in [0.15, 0.2) is 11.0 Å². The number of nitrogens with one attached hydrogen (secondary N) is 1. The second-order valence-corrected chi connectivity index (χ2v) is 7.41. The second-order valence-electron chi connectivity index (χ2n) is 6.35. The number of ether oxygens (including phenoxy) is 2. The van der Waals surface area contributed by atoms with E-state index in [0.29, 0.717) is 0 Å². The highest BCUT2D eigenvalue weighted by Crippen LogP contribution is 2.31. The van der Waals surface area contributed by atoms with Gasteiger partial charge in [-0.05, 0) is 25.8 Å². The van der Waals surface area contributed by atoms with Crippen molar-refractivity contribution in [2.24, 2.45) is 0 Å². The van der Waals surface area contributed by atoms with Gasteiger partial charge in [-0.3, -0.25) is 4.57 Å². The fraction of sp³-hybridized carbons (Fsp3) is 0.474. The number of H-pyrrole nitrogens is 1. The third-order valence-corrected chi connectivity index (χ3v) is 5.55. The molecule has 1 N–H and O–H groups in total. The zero-order chi connectivity index (χ0) is 17.8. The fourth-order valence-electron chi connectivity index (χ4n) is 3.34. The van der Waals surface area contributed by atoms with Crippen LogP contribution in [0.4, 0.5) is 0 Å². The van der Waals surface area contributed by atoms with Gasteiger partial charge in [0.2, 0.25) is 0 Å². The minimum atomic E-state index is 0.237. The molecule has 3 aromatic rings. The van der Waals surface area contributed by atoms with E-state index < -0.39 is 0 Å². The van der Waals surface area contributed by atoms with Crippen LogP contribution in [-0.4, -0.2) is 51.4 Å². The van der Waals surface area contributed by atoms with Gasteiger partial charge in [0.25, 0.3) is 0 Å². The quantitative estimate of drug-likeness (QED) is 0.482. The lowest BCUT2D eigenvalue weighted by Crippen LogP contribution is -2.16. The first-order chi connectivity index (χ1) is 12.9. The van der Waals surface area contributed by atoms with Crippen molar-refractivity contribution in [2.75, 3.05) is 25.6 Å². The molecule has 0 bridgehead atoms. The molecule has 0 saturated carbocycles. The Morgan fingerprint density at radius 3 is 3.12 bits per heavy atom. The average molecular weight is 372 g/mol. The SMILES string of the molecule is CCOCCSc1nnc(-c2c[nH]c3ccccc23)n1CC1CCCO1. The summed E-state index contributed by atoms with van der Waals surface area (Å²) in [5, 5.41) is 11.1. The maximum atomic E-state index is 5.87. The Labute approximate surface area is 157 Å². The Bertz CT molecular complexity index is 854. The van der Waals surface area contributed by atoms with Gasteiger partial charge in [-0.25, -0.2) is 0 Å². The molecule has 4 rings (SSSR count). The highest BCUT2D eigenvalue weighted by Gasteiger charge is 2.23. The maximum Gasteiger partial charge on any atom is 0.191 e. The molecule has 1 fully saturated rings. The molecular formula is C19H24N4O2S. The van der Waals surface area contributed by atoms with Crippen LogP contribution in [0.3, 0.4) is 0 Å². The molecule has 26 heavy (non-hydrogen) atoms. The Morgan fingerprint density at radius 2 is 2.27 bits per heavy atom. The van der Waals surface area contributed by atoms with E-state index in [2.05, 4.69) is 37.9 Å². The number of thioether (sulfide) groups is 1. The number of benzene rings is 1. The smallest absolute Gasteiger partial charge is 0.191 e. The van der Waals surface area contributed by atoms with E-state index in [4.69, 9.17) is 9.47 Å². The van der Waals surface area contributed by atoms with E-state index in [0.717, 1.165) is 67.0 Å². The topological polar surface area (TPSA) is 65.0 Å². The van der Waals surface area contributed by atoms with Gasteiger partial charge in [0, 0.05) is 41.6 Å². The summed E-state index contributed by atoms with van der Waals surface area (Å²) in [4.78, 5) is 3.34. The fourth-order valence-corrected chi connectivity index (χ4v) is 4.14. The predicted octanol–water partition coefficient (Wildman–Crippen LogP) is 3.73. The van der Waals surface area contributed by atoms with Gasteiger partial charge in [0.05, 0.1) is 19.3 Å². The second kappa shape index (κ2) is 8.24. The zero-order valence-corrected chi connectivity index (χ0v) is 15.8. The average Bonchev–Trinajstić information content (AvgIpc) is 3.39. The first-order valence-electron chi connectivity index (χ1n) is 9.18. The van der Waals surface area contributed by atoms with Crippen LogP contribution >= 0.6 is 11.8 Å². The number of hydrogen-bond donors (Lipinski definition) is 1. The number of aromatic amines is 1. The van der Waals surface area contributed by atoms with Crippen molar-refractivity contribution in [1.82, 2.24) is 19.7 Å². The van der Waals surface area contributed by atoms with E-state index in [1.54, 1.807) is 11.8 Å². The van der Waals surface area contributed by atoms with E-state index in [9.17, 15) is 0 Å². The number of rotatable bonds is 8. The molecule has 0 aliphatic carbocycles. The molecule has 7 heteroatoms. The van der Waals surface area contributed by atoms with Crippen LogP contribution < -0.4 is 0 Å². The Morgan fingerprint density at radius 1 is 1.35 bits per heavy atom. The lowest BCUT2D eigenvalue weighted by atomic mass is 10.1. The number of fused-ring (bicyclic) bond motifs is 1. The number of aromatic nitrogens is 4. The molecule has 138 valence electrons. The highest BCUT2D eigenvalue weighted by atomic mass is 32.2. The molecule has 1 saturated heterocycles. The molecule has 1 aliphatic rings. The molecule has 0 radical (unpaired) electrons. The number of para-hydroxylation sites is 1. The summed E-state index contributed by atoms with van der Waals surface area (Å²) in [7, 11) is 0. The molecule has 1 atom stereocenters. The standard InChI is InChI=1S/C19H24N4O2S/c1-2-24-10-11-26-19-22-21-18(23(19)13-14-6-5-9-25-14)16-12-20-17-8-4-3-7-15(16)17/h3-4,7-8,12,14,20H,2,5-6,9-11,13H2,1H3. The molecule has 0 amide bonds. The van der Waals surface area contributed by atoms with E-state index >= 15 is 0 Å². The summed E-state index contributed by atoms with van der Waals surface area (Å²) >= 11 is 1.69. The zero-order valence-electron chi connectivity index (χ0n) is 15.0. The van der Waals surface area contributed by atoms with Crippen molar-refractivity contribution in [3.8, 4) is 11.4 Å². The largest absolute Gasteiger partial charge is 0.381 e. The molecule has 1 unspecified atom stereocenters. The van der Waals surface area contributed by atoms with E-state index in [1.807, 2.05) is 19.2 Å². The maximum absolute atomic E-state index is 5.87. The van der Waals surface area contributed by atoms with E-state index in [1.165, 1.54) is 5.39 Å². The summed E-state index contributed by atoms with van der Waals surface area (Å²) in [6.45, 7) is 5.11. The summed E-state index contributed by atoms with van der Waals surface area (Å²) in [6.07, 6.45) is 4.48. The molecule has 2 aromatic heterocycles. The van der Waals surface area contributed by atoms with Crippen LogP contribution in [0, 0.1) is 0 Å². The summed E-state index contributed by atoms with van der Waals surface area (Å²) in [5.74, 6) is 1.77. The normalized spacial score (nSPS) is 17.3. The first kappa shape index (κ1) is 17.6. The lowest BCUT2D eigenvalue weighted by Gasteiger charge is -2.14. The van der Waals surface area contributed by atoms with Gasteiger partial charge >= 0.3 is 0 Å². The molecule has 6 nitrogen and oxygen atoms in total. The van der Waals surface area contributed by atoms with Crippen molar-refractivity contribution >= 4 is 22.7 Å². The van der Waals surface area contributed by atoms with Crippen molar-refractivity contribution < 1.29 is 9.47 Å². The monoisotopic (exact) mass is 372 g/mol. The van der Waals surface area contributed by atoms with Crippen molar-refractivity contribution in [3.63, 3.8) is 0 Å². The van der Waals surface area contributed by atoms with Crippen LogP contribution in [-0.2, 0) is 16.0 Å². The van der Waals surface area contributed by atoms with Crippen LogP contribution in [0.1, 0.15) is 19.8 Å². The van der Waals surface area contributed by atoms with Crippen LogP contribution in [0.2, 0.25) is 0 Å². The number of hydrogen-bond acceptors (Lipinski definition) is 5. The minimum Gasteiger partial charge on any atom is -0.381 e. The third kappa shape index (κ3) is 3.65. The van der Waals surface area contributed by atoms with Gasteiger partial charge in [0.1, 0.15) is 0 Å². The molecule has 1 aromatic carbocycles. The van der Waals surface area contributed by atoms with Crippen molar-refractivity contribution in [1.29, 1.82) is 0 Å². The van der Waals surface area contributed by atoms with Crippen LogP contribution in [0.15, 0.2) is 35.6 Å². The Balaban J connectivity index is 1.65. The first-order valence-corrected chi connectivity index (χ1v) is 10.2. The summed E-state index contributed by atoms with van der Waals surface area (Å²) in [6, 6.07) is 8.29. The van der Waals surface area contributed by atoms with Gasteiger partial charge in [-0.1, -0.05) is 30.0 Å². The van der Waals surface area contributed by atoms with E-state index in [-0.39, 0.29) is 6.10 Å². The van der Waals surface area contributed by atoms with Gasteiger partial charge in [-0.15, -0.1) is 10.2 Å². The summed E-state index contributed by atoms with van der Waals surface area (Å²) < 4.78 is 13.5. The summed E-state index contributed by atoms with van der Waals surface area (Å²) in [5.41, 5.74) is 2.20. The Kier molecular flexibility index (Phi) is 5.57. The van der Waals surface area contributed by atoms with Gasteiger partial charge < -0.3 is 14.5 Å². The third-order valence-electron chi connectivity index (χ3n) is 4.62. The van der Waals surface area contributed by atoms with Crippen molar-refractivity contribution in [3.05, 3.63) is 30.5 Å². The van der Waals surface area contributed by atoms with Crippen molar-refractivity contribution in [2.45, 2.75) is 37.6 Å². The molecule has 3 heterocycles. The molecule has 0 spiro atoms. The molecule has 1 aliphatic heterocycles. The number of nitrogens with zero attached hydrogens (tertiary/aromatic N) is 3. The lowest BCUT2D eigenvalue weighted by molar-refractivity contribution is 0.0953.